The second kappa shape index (κ2) is 8.23. The maximum Gasteiger partial charge on any atom is 0.320 e. The van der Waals surface area contributed by atoms with Gasteiger partial charge in [0.25, 0.3) is 0 Å². The topological polar surface area (TPSA) is 79.3 Å². The van der Waals surface area contributed by atoms with Crippen LogP contribution in [-0.2, 0) is 11.3 Å². The van der Waals surface area contributed by atoms with Gasteiger partial charge in [-0.2, -0.15) is 5.10 Å². The number of carbonyl (C=O) groups excluding carboxylic acids is 2. The lowest BCUT2D eigenvalue weighted by Gasteiger charge is -2.16. The molecule has 0 saturated carbocycles. The van der Waals surface area contributed by atoms with Gasteiger partial charge in [0.2, 0.25) is 5.91 Å². The van der Waals surface area contributed by atoms with Crippen LogP contribution in [0.4, 0.5) is 10.6 Å². The standard InChI is InChI=1S/C18H22ClN5O2/c1-2-9-23-12-14(10-17(23)25)21-18(26)22-16-7-8-20-24(16)11-13-5-3-4-6-15(13)19/h3-8,14H,2,9-12H2,1H3,(H2,21,22,26)/t14-/m1/s1. The van der Waals surface area contributed by atoms with Crippen molar-refractivity contribution >= 4 is 29.4 Å². The minimum absolute atomic E-state index is 0.0842. The summed E-state index contributed by atoms with van der Waals surface area (Å²) in [4.78, 5) is 26.0. The minimum Gasteiger partial charge on any atom is -0.341 e. The summed E-state index contributed by atoms with van der Waals surface area (Å²) in [6, 6.07) is 8.71. The van der Waals surface area contributed by atoms with E-state index in [0.29, 0.717) is 30.4 Å². The number of amides is 3. The van der Waals surface area contributed by atoms with Gasteiger partial charge in [-0.25, -0.2) is 9.48 Å². The molecule has 3 rings (SSSR count). The van der Waals surface area contributed by atoms with Crippen LogP contribution in [0.25, 0.3) is 0 Å². The summed E-state index contributed by atoms with van der Waals surface area (Å²) < 4.78 is 1.67. The summed E-state index contributed by atoms with van der Waals surface area (Å²) in [5.41, 5.74) is 0.915. The van der Waals surface area contributed by atoms with Crippen molar-refractivity contribution in [2.75, 3.05) is 18.4 Å². The number of benzene rings is 1. The van der Waals surface area contributed by atoms with Gasteiger partial charge in [0.05, 0.1) is 18.8 Å². The van der Waals surface area contributed by atoms with Gasteiger partial charge in [0, 0.05) is 30.6 Å². The van der Waals surface area contributed by atoms with Gasteiger partial charge in [0.1, 0.15) is 5.82 Å². The van der Waals surface area contributed by atoms with Crippen molar-refractivity contribution in [1.29, 1.82) is 0 Å². The molecule has 0 aliphatic carbocycles. The molecule has 3 amide bonds. The van der Waals surface area contributed by atoms with Gasteiger partial charge < -0.3 is 10.2 Å². The van der Waals surface area contributed by atoms with Crippen LogP contribution in [0.2, 0.25) is 5.02 Å². The molecule has 138 valence electrons. The molecule has 1 saturated heterocycles. The molecule has 7 nitrogen and oxygen atoms in total. The smallest absolute Gasteiger partial charge is 0.320 e. The maximum absolute atomic E-state index is 12.3. The predicted octanol–water partition coefficient (Wildman–Crippen LogP) is 2.72. The predicted molar refractivity (Wildman–Crippen MR) is 100 cm³/mol. The fourth-order valence-corrected chi connectivity index (χ4v) is 3.24. The number of likely N-dealkylation sites (tertiary alicyclic amines) is 1. The summed E-state index contributed by atoms with van der Waals surface area (Å²) in [5, 5.41) is 10.5. The van der Waals surface area contributed by atoms with Crippen LogP contribution in [0.1, 0.15) is 25.3 Å². The highest BCUT2D eigenvalue weighted by Crippen LogP contribution is 2.18. The van der Waals surface area contributed by atoms with E-state index in [0.717, 1.165) is 18.5 Å². The van der Waals surface area contributed by atoms with E-state index in [2.05, 4.69) is 15.7 Å². The molecule has 1 fully saturated rings. The molecule has 1 aliphatic rings. The van der Waals surface area contributed by atoms with Crippen molar-refractivity contribution in [1.82, 2.24) is 20.0 Å². The van der Waals surface area contributed by atoms with Gasteiger partial charge in [-0.15, -0.1) is 0 Å². The Balaban J connectivity index is 1.58. The lowest BCUT2D eigenvalue weighted by molar-refractivity contribution is -0.127. The fourth-order valence-electron chi connectivity index (χ4n) is 3.05. The van der Waals surface area contributed by atoms with E-state index >= 15 is 0 Å². The number of aromatic nitrogens is 2. The first-order chi connectivity index (χ1) is 12.6. The normalized spacial score (nSPS) is 16.8. The number of anilines is 1. The number of halogens is 1. The third-order valence-corrected chi connectivity index (χ3v) is 4.65. The molecule has 1 aromatic carbocycles. The number of hydrogen-bond donors (Lipinski definition) is 2. The Morgan fingerprint density at radius 1 is 1.35 bits per heavy atom. The van der Waals surface area contributed by atoms with Gasteiger partial charge in [0.15, 0.2) is 0 Å². The minimum atomic E-state index is -0.345. The van der Waals surface area contributed by atoms with E-state index < -0.39 is 0 Å². The van der Waals surface area contributed by atoms with Gasteiger partial charge in [-0.1, -0.05) is 36.7 Å². The molecule has 26 heavy (non-hydrogen) atoms. The zero-order valence-corrected chi connectivity index (χ0v) is 15.4. The quantitative estimate of drug-likeness (QED) is 0.814. The maximum atomic E-state index is 12.3. The number of hydrogen-bond acceptors (Lipinski definition) is 3. The van der Waals surface area contributed by atoms with Crippen LogP contribution in [0, 0.1) is 0 Å². The fraction of sp³-hybridized carbons (Fsp3) is 0.389. The van der Waals surface area contributed by atoms with E-state index in [1.54, 1.807) is 21.8 Å². The van der Waals surface area contributed by atoms with Crippen molar-refractivity contribution in [2.24, 2.45) is 0 Å². The second-order valence-electron chi connectivity index (χ2n) is 6.30. The highest BCUT2D eigenvalue weighted by atomic mass is 35.5. The molecule has 0 unspecified atom stereocenters. The molecule has 0 bridgehead atoms. The summed E-state index contributed by atoms with van der Waals surface area (Å²) in [6.07, 6.45) is 2.87. The highest BCUT2D eigenvalue weighted by Gasteiger charge is 2.29. The molecule has 2 N–H and O–H groups in total. The molecule has 2 aromatic rings. The van der Waals surface area contributed by atoms with Crippen molar-refractivity contribution in [3.63, 3.8) is 0 Å². The lowest BCUT2D eigenvalue weighted by atomic mass is 10.2. The molecule has 0 radical (unpaired) electrons. The lowest BCUT2D eigenvalue weighted by Crippen LogP contribution is -2.40. The summed E-state index contributed by atoms with van der Waals surface area (Å²) in [6.45, 7) is 3.76. The van der Waals surface area contributed by atoms with Crippen LogP contribution in [-0.4, -0.2) is 45.8 Å². The number of urea groups is 1. The van der Waals surface area contributed by atoms with E-state index in [9.17, 15) is 9.59 Å². The monoisotopic (exact) mass is 375 g/mol. The first-order valence-electron chi connectivity index (χ1n) is 8.67. The van der Waals surface area contributed by atoms with E-state index in [4.69, 9.17) is 11.6 Å². The Bertz CT molecular complexity index is 791. The molecule has 8 heteroatoms. The van der Waals surface area contributed by atoms with Crippen molar-refractivity contribution in [2.45, 2.75) is 32.4 Å². The van der Waals surface area contributed by atoms with E-state index in [1.807, 2.05) is 31.2 Å². The molecule has 1 aliphatic heterocycles. The average Bonchev–Trinajstić information content (AvgIpc) is 3.17. The third kappa shape index (κ3) is 4.35. The van der Waals surface area contributed by atoms with Crippen molar-refractivity contribution in [3.8, 4) is 0 Å². The van der Waals surface area contributed by atoms with Crippen LogP contribution in [0.3, 0.4) is 0 Å². The Hall–Kier alpha value is -2.54. The first kappa shape index (κ1) is 18.3. The number of rotatable bonds is 6. The largest absolute Gasteiger partial charge is 0.341 e. The van der Waals surface area contributed by atoms with Crippen LogP contribution >= 0.6 is 11.6 Å². The summed E-state index contributed by atoms with van der Waals surface area (Å²) >= 11 is 6.19. The zero-order valence-electron chi connectivity index (χ0n) is 14.6. The van der Waals surface area contributed by atoms with Crippen molar-refractivity contribution < 1.29 is 9.59 Å². The molecule has 1 aromatic heterocycles. The molecule has 1 atom stereocenters. The van der Waals surface area contributed by atoms with Crippen LogP contribution in [0.15, 0.2) is 36.5 Å². The molecular formula is C18H22ClN5O2. The van der Waals surface area contributed by atoms with Crippen LogP contribution < -0.4 is 10.6 Å². The molecular weight excluding hydrogens is 354 g/mol. The molecule has 2 heterocycles. The van der Waals surface area contributed by atoms with Gasteiger partial charge in [-0.3, -0.25) is 10.1 Å². The Kier molecular flexibility index (Phi) is 5.78. The van der Waals surface area contributed by atoms with Gasteiger partial charge in [-0.05, 0) is 18.1 Å². The van der Waals surface area contributed by atoms with E-state index in [-0.39, 0.29) is 18.0 Å². The summed E-state index contributed by atoms with van der Waals surface area (Å²) in [7, 11) is 0. The molecule has 0 spiro atoms. The van der Waals surface area contributed by atoms with Crippen LogP contribution in [0.5, 0.6) is 0 Å². The van der Waals surface area contributed by atoms with Gasteiger partial charge >= 0.3 is 6.03 Å². The SMILES string of the molecule is CCCN1C[C@H](NC(=O)Nc2ccnn2Cc2ccccc2Cl)CC1=O. The number of carbonyl (C=O) groups is 2. The highest BCUT2D eigenvalue weighted by molar-refractivity contribution is 6.31. The van der Waals surface area contributed by atoms with Crippen molar-refractivity contribution in [3.05, 3.63) is 47.1 Å². The average molecular weight is 376 g/mol. The first-order valence-corrected chi connectivity index (χ1v) is 9.05. The Morgan fingerprint density at radius 3 is 2.92 bits per heavy atom. The summed E-state index contributed by atoms with van der Waals surface area (Å²) in [5.74, 6) is 0.651. The second-order valence-corrected chi connectivity index (χ2v) is 6.71. The number of nitrogens with zero attached hydrogens (tertiary/aromatic N) is 3. The zero-order chi connectivity index (χ0) is 18.5. The third-order valence-electron chi connectivity index (χ3n) is 4.28. The Labute approximate surface area is 157 Å². The van der Waals surface area contributed by atoms with E-state index in [1.165, 1.54) is 0 Å². The Morgan fingerprint density at radius 2 is 2.15 bits per heavy atom. The number of nitrogens with one attached hydrogen (secondary N) is 2.